The third-order valence-corrected chi connectivity index (χ3v) is 4.05. The number of esters is 1. The first-order chi connectivity index (χ1) is 10.8. The minimum Gasteiger partial charge on any atom is -0.462 e. The molecule has 0 unspecified atom stereocenters. The van der Waals surface area contributed by atoms with E-state index in [2.05, 4.69) is 18.4 Å². The third-order valence-electron chi connectivity index (χ3n) is 3.53. The molecule has 0 spiro atoms. The Balaban J connectivity index is 4.21. The van der Waals surface area contributed by atoms with Gasteiger partial charge in [-0.2, -0.15) is 0 Å². The van der Waals surface area contributed by atoms with E-state index in [0.29, 0.717) is 18.4 Å². The number of carbonyl (C=O) groups is 1. The molecule has 0 aromatic heterocycles. The van der Waals surface area contributed by atoms with Gasteiger partial charge in [0.1, 0.15) is 0 Å². The molecule has 0 aliphatic rings. The van der Waals surface area contributed by atoms with Crippen LogP contribution in [0.15, 0.2) is 11.1 Å². The van der Waals surface area contributed by atoms with E-state index < -0.39 is 7.82 Å². The fourth-order valence-corrected chi connectivity index (χ4v) is 2.45. The van der Waals surface area contributed by atoms with E-state index in [-0.39, 0.29) is 19.2 Å². The van der Waals surface area contributed by atoms with Crippen LogP contribution in [0.1, 0.15) is 72.1 Å². The zero-order valence-corrected chi connectivity index (χ0v) is 15.4. The fraction of sp³-hybridized carbons (Fsp3) is 0.812. The number of phosphoric ester groups is 1. The smallest absolute Gasteiger partial charge is 0.462 e. The molecule has 0 rings (SSSR count). The summed E-state index contributed by atoms with van der Waals surface area (Å²) in [6, 6.07) is 0. The van der Waals surface area contributed by atoms with Crippen LogP contribution in [0, 0.1) is 0 Å². The van der Waals surface area contributed by atoms with Crippen molar-refractivity contribution in [1.29, 1.82) is 0 Å². The Bertz CT molecular complexity index is 403. The molecule has 0 saturated heterocycles. The van der Waals surface area contributed by atoms with Crippen molar-refractivity contribution in [1.82, 2.24) is 0 Å². The van der Waals surface area contributed by atoms with Gasteiger partial charge in [0, 0.05) is 5.57 Å². The highest BCUT2D eigenvalue weighted by atomic mass is 31.2. The van der Waals surface area contributed by atoms with Crippen LogP contribution in [0.25, 0.3) is 0 Å². The van der Waals surface area contributed by atoms with Gasteiger partial charge in [0.25, 0.3) is 0 Å². The summed E-state index contributed by atoms with van der Waals surface area (Å²) in [6.07, 6.45) is 7.15. The Labute approximate surface area is 139 Å². The van der Waals surface area contributed by atoms with E-state index >= 15 is 0 Å². The zero-order valence-electron chi connectivity index (χ0n) is 14.5. The second kappa shape index (κ2) is 12.7. The first-order valence-corrected chi connectivity index (χ1v) is 9.90. The lowest BCUT2D eigenvalue weighted by atomic mass is 9.98. The van der Waals surface area contributed by atoms with Gasteiger partial charge in [-0.25, -0.2) is 9.36 Å². The number of phosphoric acid groups is 1. The average Bonchev–Trinajstić information content (AvgIpc) is 2.49. The summed E-state index contributed by atoms with van der Waals surface area (Å²) in [6.45, 7) is 6.26. The maximum Gasteiger partial charge on any atom is 0.469 e. The van der Waals surface area contributed by atoms with Crippen LogP contribution < -0.4 is 0 Å². The van der Waals surface area contributed by atoms with Crippen molar-refractivity contribution in [3.8, 4) is 0 Å². The predicted molar refractivity (Wildman–Crippen MR) is 89.9 cm³/mol. The van der Waals surface area contributed by atoms with E-state index in [9.17, 15) is 9.36 Å². The van der Waals surface area contributed by atoms with Gasteiger partial charge in [-0.05, 0) is 45.4 Å². The summed E-state index contributed by atoms with van der Waals surface area (Å²) >= 11 is 0. The quantitative estimate of drug-likeness (QED) is 0.225. The summed E-state index contributed by atoms with van der Waals surface area (Å²) in [5.41, 5.74) is 1.89. The molecule has 2 N–H and O–H groups in total. The molecule has 0 radical (unpaired) electrons. The zero-order chi connectivity index (χ0) is 17.7. The first kappa shape index (κ1) is 22.3. The number of rotatable bonds is 13. The van der Waals surface area contributed by atoms with Gasteiger partial charge in [0.05, 0.1) is 13.2 Å². The van der Waals surface area contributed by atoms with Gasteiger partial charge in [0.15, 0.2) is 0 Å². The molecule has 6 nitrogen and oxygen atoms in total. The average molecular weight is 350 g/mol. The third kappa shape index (κ3) is 12.4. The lowest BCUT2D eigenvalue weighted by molar-refractivity contribution is -0.139. The number of ether oxygens (including phenoxy) is 1. The lowest BCUT2D eigenvalue weighted by Crippen LogP contribution is -2.10. The molecule has 0 aromatic carbocycles. The summed E-state index contributed by atoms with van der Waals surface area (Å²) < 4.78 is 20.0. The largest absolute Gasteiger partial charge is 0.469 e. The van der Waals surface area contributed by atoms with E-state index in [1.165, 1.54) is 5.57 Å². The highest BCUT2D eigenvalue weighted by molar-refractivity contribution is 7.46. The number of hydrogen-bond donors (Lipinski definition) is 2. The molecule has 0 fully saturated rings. The molecule has 0 aromatic rings. The van der Waals surface area contributed by atoms with Crippen molar-refractivity contribution in [2.75, 3.05) is 13.2 Å². The van der Waals surface area contributed by atoms with E-state index in [4.69, 9.17) is 14.5 Å². The van der Waals surface area contributed by atoms with Crippen LogP contribution in [-0.2, 0) is 18.6 Å². The van der Waals surface area contributed by atoms with E-state index in [1.807, 2.05) is 6.92 Å². The summed E-state index contributed by atoms with van der Waals surface area (Å²) in [5, 5.41) is 0. The molecular formula is C16H31O6P. The van der Waals surface area contributed by atoms with E-state index in [0.717, 1.165) is 38.5 Å². The lowest BCUT2D eigenvalue weighted by Gasteiger charge is -2.12. The van der Waals surface area contributed by atoms with Gasteiger partial charge >= 0.3 is 13.8 Å². The number of carbonyl (C=O) groups excluding carboxylic acids is 1. The molecule has 0 aliphatic carbocycles. The molecule has 0 saturated carbocycles. The molecule has 0 heterocycles. The first-order valence-electron chi connectivity index (χ1n) is 8.37. The summed E-state index contributed by atoms with van der Waals surface area (Å²) in [4.78, 5) is 29.1. The van der Waals surface area contributed by atoms with Crippen LogP contribution in [0.5, 0.6) is 0 Å². The normalized spacial score (nSPS) is 11.3. The Morgan fingerprint density at radius 3 is 1.96 bits per heavy atom. The Hall–Kier alpha value is -0.680. The van der Waals surface area contributed by atoms with Crippen molar-refractivity contribution < 1.29 is 28.4 Å². The van der Waals surface area contributed by atoms with Gasteiger partial charge in [-0.15, -0.1) is 0 Å². The Morgan fingerprint density at radius 2 is 1.48 bits per heavy atom. The van der Waals surface area contributed by atoms with Crippen molar-refractivity contribution in [2.24, 2.45) is 0 Å². The van der Waals surface area contributed by atoms with Crippen molar-refractivity contribution in [3.63, 3.8) is 0 Å². The highest BCUT2D eigenvalue weighted by Crippen LogP contribution is 2.35. The molecule has 0 bridgehead atoms. The van der Waals surface area contributed by atoms with Crippen molar-refractivity contribution in [3.05, 3.63) is 11.1 Å². The van der Waals surface area contributed by atoms with Gasteiger partial charge in [-0.1, -0.05) is 32.3 Å². The number of hydrogen-bond acceptors (Lipinski definition) is 4. The minimum absolute atomic E-state index is 0.0467. The number of unbranched alkanes of at least 4 members (excludes halogenated alkanes) is 3. The maximum absolute atomic E-state index is 12.1. The molecule has 0 amide bonds. The standard InChI is InChI=1S/C16H31O6P/c1-4-6-10-15(11-7-5-2)14(3)16(17)21-12-8-9-13-22-23(18,19)20/h4-13H2,1-3H3,(H2,18,19,20). The second-order valence-electron chi connectivity index (χ2n) is 5.60. The van der Waals surface area contributed by atoms with Crippen LogP contribution in [-0.4, -0.2) is 29.0 Å². The predicted octanol–water partition coefficient (Wildman–Crippen LogP) is 4.12. The maximum atomic E-state index is 12.1. The molecule has 0 aliphatic heterocycles. The monoisotopic (exact) mass is 350 g/mol. The molecule has 0 atom stereocenters. The molecule has 7 heteroatoms. The van der Waals surface area contributed by atoms with Crippen LogP contribution >= 0.6 is 7.82 Å². The van der Waals surface area contributed by atoms with Crippen LogP contribution in [0.4, 0.5) is 0 Å². The Morgan fingerprint density at radius 1 is 0.957 bits per heavy atom. The van der Waals surface area contributed by atoms with E-state index in [1.54, 1.807) is 0 Å². The van der Waals surface area contributed by atoms with Gasteiger partial charge in [0.2, 0.25) is 0 Å². The topological polar surface area (TPSA) is 93.1 Å². The van der Waals surface area contributed by atoms with Gasteiger partial charge in [-0.3, -0.25) is 4.52 Å². The fourth-order valence-electron chi connectivity index (χ4n) is 2.09. The highest BCUT2D eigenvalue weighted by Gasteiger charge is 2.14. The van der Waals surface area contributed by atoms with Crippen LogP contribution in [0.2, 0.25) is 0 Å². The summed E-state index contributed by atoms with van der Waals surface area (Å²) in [7, 11) is -4.40. The van der Waals surface area contributed by atoms with Crippen molar-refractivity contribution in [2.45, 2.75) is 72.1 Å². The summed E-state index contributed by atoms with van der Waals surface area (Å²) in [5.74, 6) is -0.289. The SMILES string of the molecule is CCCCC(CCCC)=C(C)C(=O)OCCCCOP(=O)(O)O. The molecule has 136 valence electrons. The number of allylic oxidation sites excluding steroid dienone is 1. The second-order valence-corrected chi connectivity index (χ2v) is 6.84. The molecular weight excluding hydrogens is 319 g/mol. The molecule has 23 heavy (non-hydrogen) atoms. The Kier molecular flexibility index (Phi) is 12.3. The van der Waals surface area contributed by atoms with Gasteiger partial charge < -0.3 is 14.5 Å². The minimum atomic E-state index is -4.40. The van der Waals surface area contributed by atoms with Crippen LogP contribution in [0.3, 0.4) is 0 Å². The van der Waals surface area contributed by atoms with Crippen molar-refractivity contribution >= 4 is 13.8 Å².